The standard InChI is InChI=1S/C16H22N2O2/c1-11(15-7-4-8-20-15)18-16(19)14-9-12-5-2-3-6-13(12)10-17-14/h2-3,5-6,11,14-15,17H,4,7-10H2,1H3,(H,18,19). The maximum absolute atomic E-state index is 12.3. The van der Waals surface area contributed by atoms with Gasteiger partial charge in [-0.3, -0.25) is 4.79 Å². The first-order valence-corrected chi connectivity index (χ1v) is 7.46. The molecule has 108 valence electrons. The first-order chi connectivity index (χ1) is 9.74. The first-order valence-electron chi connectivity index (χ1n) is 7.46. The molecule has 0 spiro atoms. The van der Waals surface area contributed by atoms with E-state index in [0.717, 1.165) is 32.4 Å². The molecule has 4 nitrogen and oxygen atoms in total. The molecule has 1 fully saturated rings. The van der Waals surface area contributed by atoms with Gasteiger partial charge in [-0.25, -0.2) is 0 Å². The molecule has 4 heteroatoms. The molecule has 1 aromatic carbocycles. The lowest BCUT2D eigenvalue weighted by Crippen LogP contribution is -2.52. The summed E-state index contributed by atoms with van der Waals surface area (Å²) in [6.07, 6.45) is 3.08. The molecule has 20 heavy (non-hydrogen) atoms. The van der Waals surface area contributed by atoms with Crippen molar-refractivity contribution in [2.45, 2.75) is 50.9 Å². The Kier molecular flexibility index (Phi) is 4.03. The summed E-state index contributed by atoms with van der Waals surface area (Å²) in [5.41, 5.74) is 2.57. The summed E-state index contributed by atoms with van der Waals surface area (Å²) in [6, 6.07) is 8.26. The zero-order valence-corrected chi connectivity index (χ0v) is 11.9. The van der Waals surface area contributed by atoms with Crippen LogP contribution in [0.1, 0.15) is 30.9 Å². The number of amides is 1. The van der Waals surface area contributed by atoms with Crippen molar-refractivity contribution >= 4 is 5.91 Å². The summed E-state index contributed by atoms with van der Waals surface area (Å²) in [7, 11) is 0. The highest BCUT2D eigenvalue weighted by molar-refractivity contribution is 5.82. The topological polar surface area (TPSA) is 50.4 Å². The van der Waals surface area contributed by atoms with Gasteiger partial charge >= 0.3 is 0 Å². The lowest BCUT2D eigenvalue weighted by atomic mass is 9.95. The van der Waals surface area contributed by atoms with Crippen molar-refractivity contribution in [3.8, 4) is 0 Å². The van der Waals surface area contributed by atoms with Gasteiger partial charge in [0.2, 0.25) is 5.91 Å². The van der Waals surface area contributed by atoms with Crippen molar-refractivity contribution in [3.05, 3.63) is 35.4 Å². The van der Waals surface area contributed by atoms with Crippen LogP contribution in [0.5, 0.6) is 0 Å². The molecule has 0 saturated carbocycles. The largest absolute Gasteiger partial charge is 0.376 e. The SMILES string of the molecule is CC(NC(=O)C1Cc2ccccc2CN1)C1CCCO1. The van der Waals surface area contributed by atoms with Gasteiger partial charge < -0.3 is 15.4 Å². The number of rotatable bonds is 3. The van der Waals surface area contributed by atoms with Gasteiger partial charge in [-0.05, 0) is 37.3 Å². The van der Waals surface area contributed by atoms with Gasteiger partial charge in [-0.1, -0.05) is 24.3 Å². The van der Waals surface area contributed by atoms with Gasteiger partial charge in [-0.2, -0.15) is 0 Å². The Balaban J connectivity index is 1.58. The van der Waals surface area contributed by atoms with Crippen LogP contribution in [0.15, 0.2) is 24.3 Å². The second kappa shape index (κ2) is 5.94. The van der Waals surface area contributed by atoms with Crippen molar-refractivity contribution in [2.75, 3.05) is 6.61 Å². The third-order valence-electron chi connectivity index (χ3n) is 4.29. The molecule has 1 amide bonds. The number of ether oxygens (including phenoxy) is 1. The van der Waals surface area contributed by atoms with Gasteiger partial charge in [0.1, 0.15) is 0 Å². The second-order valence-electron chi connectivity index (χ2n) is 5.76. The van der Waals surface area contributed by atoms with Crippen molar-refractivity contribution in [1.29, 1.82) is 0 Å². The van der Waals surface area contributed by atoms with Crippen LogP contribution >= 0.6 is 0 Å². The molecule has 2 heterocycles. The Hall–Kier alpha value is -1.39. The highest BCUT2D eigenvalue weighted by atomic mass is 16.5. The van der Waals surface area contributed by atoms with Crippen molar-refractivity contribution < 1.29 is 9.53 Å². The molecule has 2 aliphatic rings. The molecule has 2 N–H and O–H groups in total. The van der Waals surface area contributed by atoms with Crippen molar-refractivity contribution in [1.82, 2.24) is 10.6 Å². The van der Waals surface area contributed by atoms with E-state index in [1.807, 2.05) is 19.1 Å². The fourth-order valence-electron chi connectivity index (χ4n) is 3.05. The van der Waals surface area contributed by atoms with Crippen LogP contribution in [0.3, 0.4) is 0 Å². The third-order valence-corrected chi connectivity index (χ3v) is 4.29. The van der Waals surface area contributed by atoms with Gasteiger partial charge in [0.05, 0.1) is 18.2 Å². The average Bonchev–Trinajstić information content (AvgIpc) is 3.01. The van der Waals surface area contributed by atoms with E-state index in [-0.39, 0.29) is 24.1 Å². The predicted octanol–water partition coefficient (Wildman–Crippen LogP) is 1.38. The summed E-state index contributed by atoms with van der Waals surface area (Å²) in [5, 5.41) is 6.41. The van der Waals surface area contributed by atoms with E-state index >= 15 is 0 Å². The first kappa shape index (κ1) is 13.6. The molecule has 0 radical (unpaired) electrons. The number of fused-ring (bicyclic) bond motifs is 1. The highest BCUT2D eigenvalue weighted by Gasteiger charge is 2.28. The van der Waals surface area contributed by atoms with E-state index in [1.54, 1.807) is 0 Å². The van der Waals surface area contributed by atoms with Gasteiger partial charge in [0, 0.05) is 13.2 Å². The van der Waals surface area contributed by atoms with Crippen LogP contribution in [-0.2, 0) is 22.5 Å². The molecule has 2 aliphatic heterocycles. The fourth-order valence-corrected chi connectivity index (χ4v) is 3.05. The Labute approximate surface area is 119 Å². The lowest BCUT2D eigenvalue weighted by molar-refractivity contribution is -0.124. The Morgan fingerprint density at radius 2 is 2.20 bits per heavy atom. The van der Waals surface area contributed by atoms with E-state index in [0.29, 0.717) is 0 Å². The number of nitrogens with one attached hydrogen (secondary N) is 2. The quantitative estimate of drug-likeness (QED) is 0.875. The zero-order valence-electron chi connectivity index (χ0n) is 11.9. The molecule has 3 atom stereocenters. The van der Waals surface area contributed by atoms with Crippen molar-refractivity contribution in [3.63, 3.8) is 0 Å². The number of hydrogen-bond acceptors (Lipinski definition) is 3. The Bertz CT molecular complexity index is 483. The van der Waals surface area contributed by atoms with Gasteiger partial charge in [0.25, 0.3) is 0 Å². The normalized spacial score (nSPS) is 26.9. The van der Waals surface area contributed by atoms with Crippen molar-refractivity contribution in [2.24, 2.45) is 0 Å². The van der Waals surface area contributed by atoms with E-state index in [9.17, 15) is 4.79 Å². The molecular formula is C16H22N2O2. The van der Waals surface area contributed by atoms with Gasteiger partial charge in [0.15, 0.2) is 0 Å². The maximum Gasteiger partial charge on any atom is 0.237 e. The molecule has 3 rings (SSSR count). The predicted molar refractivity (Wildman–Crippen MR) is 77.4 cm³/mol. The molecule has 1 aromatic rings. The average molecular weight is 274 g/mol. The molecule has 1 saturated heterocycles. The van der Waals surface area contributed by atoms with E-state index in [4.69, 9.17) is 4.74 Å². The number of benzene rings is 1. The zero-order chi connectivity index (χ0) is 13.9. The smallest absolute Gasteiger partial charge is 0.237 e. The second-order valence-corrected chi connectivity index (χ2v) is 5.76. The minimum Gasteiger partial charge on any atom is -0.376 e. The minimum atomic E-state index is -0.131. The van der Waals surface area contributed by atoms with Crippen LogP contribution in [0.4, 0.5) is 0 Å². The molecule has 0 bridgehead atoms. The van der Waals surface area contributed by atoms with E-state index in [2.05, 4.69) is 22.8 Å². The minimum absolute atomic E-state index is 0.0857. The van der Waals surface area contributed by atoms with Crippen LogP contribution in [0.2, 0.25) is 0 Å². The summed E-state index contributed by atoms with van der Waals surface area (Å²) in [6.45, 7) is 3.62. The number of carbonyl (C=O) groups is 1. The van der Waals surface area contributed by atoms with E-state index < -0.39 is 0 Å². The molecule has 3 unspecified atom stereocenters. The number of carbonyl (C=O) groups excluding carboxylic acids is 1. The lowest BCUT2D eigenvalue weighted by Gasteiger charge is -2.28. The van der Waals surface area contributed by atoms with Crippen LogP contribution < -0.4 is 10.6 Å². The number of hydrogen-bond donors (Lipinski definition) is 2. The monoisotopic (exact) mass is 274 g/mol. The molecular weight excluding hydrogens is 252 g/mol. The maximum atomic E-state index is 12.3. The van der Waals surface area contributed by atoms with Crippen LogP contribution in [0, 0.1) is 0 Å². The fraction of sp³-hybridized carbons (Fsp3) is 0.562. The van der Waals surface area contributed by atoms with Gasteiger partial charge in [-0.15, -0.1) is 0 Å². The van der Waals surface area contributed by atoms with Crippen LogP contribution in [-0.4, -0.2) is 30.7 Å². The Morgan fingerprint density at radius 3 is 2.95 bits per heavy atom. The summed E-state index contributed by atoms with van der Waals surface area (Å²) < 4.78 is 5.62. The highest BCUT2D eigenvalue weighted by Crippen LogP contribution is 2.18. The summed E-state index contributed by atoms with van der Waals surface area (Å²) in [5.74, 6) is 0.0857. The summed E-state index contributed by atoms with van der Waals surface area (Å²) in [4.78, 5) is 12.3. The third kappa shape index (κ3) is 2.86. The Morgan fingerprint density at radius 1 is 1.40 bits per heavy atom. The van der Waals surface area contributed by atoms with E-state index in [1.165, 1.54) is 11.1 Å². The summed E-state index contributed by atoms with van der Waals surface area (Å²) >= 11 is 0. The molecule has 0 aromatic heterocycles. The molecule has 0 aliphatic carbocycles. The van der Waals surface area contributed by atoms with Crippen LogP contribution in [0.25, 0.3) is 0 Å².